The minimum Gasteiger partial charge on any atom is -0.330 e. The van der Waals surface area contributed by atoms with Crippen LogP contribution in [0.5, 0.6) is 0 Å². The van der Waals surface area contributed by atoms with E-state index in [9.17, 15) is 0 Å². The molecule has 3 nitrogen and oxygen atoms in total. The van der Waals surface area contributed by atoms with E-state index in [1.807, 2.05) is 0 Å². The topological polar surface area (TPSA) is 43.8 Å². The van der Waals surface area contributed by atoms with Crippen LogP contribution in [0.25, 0.3) is 0 Å². The number of aryl methyl sites for hydroxylation is 3. The predicted molar refractivity (Wildman–Crippen MR) is 79.5 cm³/mol. The molecule has 0 aliphatic rings. The normalized spacial score (nSPS) is 11.0. The molecule has 0 aliphatic heterocycles. The lowest BCUT2D eigenvalue weighted by Crippen LogP contribution is -2.07. The van der Waals surface area contributed by atoms with Crippen LogP contribution >= 0.6 is 0 Å². The van der Waals surface area contributed by atoms with Gasteiger partial charge in [-0.3, -0.25) is 4.68 Å². The summed E-state index contributed by atoms with van der Waals surface area (Å²) in [4.78, 5) is 0. The zero-order chi connectivity index (χ0) is 14.0. The molecule has 1 aromatic heterocycles. The Morgan fingerprint density at radius 2 is 1.68 bits per heavy atom. The van der Waals surface area contributed by atoms with Gasteiger partial charge in [0.15, 0.2) is 0 Å². The number of aromatic nitrogens is 2. The largest absolute Gasteiger partial charge is 0.330 e. The lowest BCUT2D eigenvalue weighted by atomic mass is 10.1. The van der Waals surface area contributed by atoms with Crippen molar-refractivity contribution < 1.29 is 0 Å². The maximum Gasteiger partial charge on any atom is 0.0662 e. The molecule has 0 unspecified atom stereocenters. The SMILES string of the molecule is Cc1cc(C)cc(Cn2nc(C)c(CCN)c2C)c1. The van der Waals surface area contributed by atoms with Gasteiger partial charge in [0.25, 0.3) is 0 Å². The maximum atomic E-state index is 5.66. The summed E-state index contributed by atoms with van der Waals surface area (Å²) < 4.78 is 2.09. The third kappa shape index (κ3) is 3.04. The third-order valence-corrected chi connectivity index (χ3v) is 3.54. The second kappa shape index (κ2) is 5.57. The molecular formula is C16H23N3. The molecular weight excluding hydrogens is 234 g/mol. The molecule has 3 heteroatoms. The van der Waals surface area contributed by atoms with Gasteiger partial charge in [-0.15, -0.1) is 0 Å². The smallest absolute Gasteiger partial charge is 0.0662 e. The van der Waals surface area contributed by atoms with Gasteiger partial charge in [-0.05, 0) is 51.8 Å². The first-order chi connectivity index (χ1) is 9.01. The van der Waals surface area contributed by atoms with Crippen LogP contribution in [0, 0.1) is 27.7 Å². The maximum absolute atomic E-state index is 5.66. The number of hydrogen-bond donors (Lipinski definition) is 1. The highest BCUT2D eigenvalue weighted by molar-refractivity contribution is 5.30. The van der Waals surface area contributed by atoms with Gasteiger partial charge in [0.05, 0.1) is 12.2 Å². The molecule has 0 fully saturated rings. The molecule has 2 rings (SSSR count). The molecule has 0 radical (unpaired) electrons. The summed E-state index contributed by atoms with van der Waals surface area (Å²) in [5, 5.41) is 4.64. The second-order valence-corrected chi connectivity index (χ2v) is 5.34. The number of benzene rings is 1. The summed E-state index contributed by atoms with van der Waals surface area (Å²) in [6, 6.07) is 6.66. The number of hydrogen-bond acceptors (Lipinski definition) is 2. The fourth-order valence-corrected chi connectivity index (χ4v) is 2.73. The van der Waals surface area contributed by atoms with Crippen molar-refractivity contribution in [1.29, 1.82) is 0 Å². The van der Waals surface area contributed by atoms with Gasteiger partial charge < -0.3 is 5.73 Å². The highest BCUT2D eigenvalue weighted by atomic mass is 15.3. The van der Waals surface area contributed by atoms with Crippen molar-refractivity contribution in [3.63, 3.8) is 0 Å². The van der Waals surface area contributed by atoms with Crippen LogP contribution < -0.4 is 5.73 Å². The summed E-state index contributed by atoms with van der Waals surface area (Å²) >= 11 is 0. The Hall–Kier alpha value is -1.61. The average molecular weight is 257 g/mol. The van der Waals surface area contributed by atoms with E-state index in [-0.39, 0.29) is 0 Å². The fraction of sp³-hybridized carbons (Fsp3) is 0.438. The molecule has 0 atom stereocenters. The highest BCUT2D eigenvalue weighted by Gasteiger charge is 2.11. The van der Waals surface area contributed by atoms with Crippen molar-refractivity contribution in [2.24, 2.45) is 5.73 Å². The lowest BCUT2D eigenvalue weighted by molar-refractivity contribution is 0.657. The summed E-state index contributed by atoms with van der Waals surface area (Å²) in [7, 11) is 0. The molecule has 0 bridgehead atoms. The Morgan fingerprint density at radius 1 is 1.05 bits per heavy atom. The van der Waals surface area contributed by atoms with E-state index >= 15 is 0 Å². The molecule has 1 heterocycles. The van der Waals surface area contributed by atoms with Crippen molar-refractivity contribution in [3.05, 3.63) is 51.8 Å². The van der Waals surface area contributed by atoms with Crippen LogP contribution in [0.4, 0.5) is 0 Å². The number of nitrogens with zero attached hydrogens (tertiary/aromatic N) is 2. The molecule has 0 aliphatic carbocycles. The standard InChI is InChI=1S/C16H23N3/c1-11-7-12(2)9-15(8-11)10-19-14(4)16(5-6-17)13(3)18-19/h7-9H,5-6,10,17H2,1-4H3. The van der Waals surface area contributed by atoms with Gasteiger partial charge in [0, 0.05) is 5.69 Å². The van der Waals surface area contributed by atoms with Crippen molar-refractivity contribution in [2.75, 3.05) is 6.54 Å². The first-order valence-electron chi connectivity index (χ1n) is 6.81. The molecule has 102 valence electrons. The summed E-state index contributed by atoms with van der Waals surface area (Å²) in [5.74, 6) is 0. The second-order valence-electron chi connectivity index (χ2n) is 5.34. The van der Waals surface area contributed by atoms with Gasteiger partial charge >= 0.3 is 0 Å². The average Bonchev–Trinajstić information content (AvgIpc) is 2.56. The Bertz CT molecular complexity index is 562. The quantitative estimate of drug-likeness (QED) is 0.915. The van der Waals surface area contributed by atoms with E-state index in [1.165, 1.54) is 27.9 Å². The monoisotopic (exact) mass is 257 g/mol. The Morgan fingerprint density at radius 3 is 2.26 bits per heavy atom. The van der Waals surface area contributed by atoms with Crippen LogP contribution in [-0.4, -0.2) is 16.3 Å². The van der Waals surface area contributed by atoms with E-state index in [0.29, 0.717) is 6.54 Å². The first-order valence-corrected chi connectivity index (χ1v) is 6.81. The zero-order valence-electron chi connectivity index (χ0n) is 12.3. The van der Waals surface area contributed by atoms with Crippen LogP contribution in [0.3, 0.4) is 0 Å². The lowest BCUT2D eigenvalue weighted by Gasteiger charge is -2.08. The van der Waals surface area contributed by atoms with Crippen molar-refractivity contribution in [2.45, 2.75) is 40.7 Å². The van der Waals surface area contributed by atoms with Crippen LogP contribution in [0.2, 0.25) is 0 Å². The first kappa shape index (κ1) is 13.8. The molecule has 1 aromatic carbocycles. The zero-order valence-corrected chi connectivity index (χ0v) is 12.3. The molecule has 0 amide bonds. The molecule has 19 heavy (non-hydrogen) atoms. The highest BCUT2D eigenvalue weighted by Crippen LogP contribution is 2.16. The van der Waals surface area contributed by atoms with Crippen molar-refractivity contribution in [1.82, 2.24) is 9.78 Å². The summed E-state index contributed by atoms with van der Waals surface area (Å²) in [6.07, 6.45) is 0.907. The Kier molecular flexibility index (Phi) is 4.05. The van der Waals surface area contributed by atoms with Crippen molar-refractivity contribution in [3.8, 4) is 0 Å². The van der Waals surface area contributed by atoms with Gasteiger partial charge in [0.2, 0.25) is 0 Å². The van der Waals surface area contributed by atoms with Gasteiger partial charge in [-0.2, -0.15) is 5.10 Å². The predicted octanol–water partition coefficient (Wildman–Crippen LogP) is 2.67. The molecule has 0 spiro atoms. The molecule has 0 saturated carbocycles. The Labute approximate surface area is 115 Å². The summed E-state index contributed by atoms with van der Waals surface area (Å²) in [5.41, 5.74) is 13.2. The van der Waals surface area contributed by atoms with Crippen LogP contribution in [0.15, 0.2) is 18.2 Å². The van der Waals surface area contributed by atoms with E-state index in [4.69, 9.17) is 5.73 Å². The van der Waals surface area contributed by atoms with Crippen LogP contribution in [0.1, 0.15) is 33.6 Å². The van der Waals surface area contributed by atoms with Gasteiger partial charge in [-0.1, -0.05) is 29.3 Å². The van der Waals surface area contributed by atoms with Gasteiger partial charge in [0.1, 0.15) is 0 Å². The molecule has 2 N–H and O–H groups in total. The van der Waals surface area contributed by atoms with Gasteiger partial charge in [-0.25, -0.2) is 0 Å². The molecule has 0 saturated heterocycles. The van der Waals surface area contributed by atoms with Crippen LogP contribution in [-0.2, 0) is 13.0 Å². The molecule has 2 aromatic rings. The van der Waals surface area contributed by atoms with Crippen molar-refractivity contribution >= 4 is 0 Å². The minimum atomic E-state index is 0.678. The van der Waals surface area contributed by atoms with E-state index in [2.05, 4.69) is 55.7 Å². The minimum absolute atomic E-state index is 0.678. The van der Waals surface area contributed by atoms with E-state index < -0.39 is 0 Å². The number of rotatable bonds is 4. The fourth-order valence-electron chi connectivity index (χ4n) is 2.73. The number of nitrogens with two attached hydrogens (primary N) is 1. The summed E-state index contributed by atoms with van der Waals surface area (Å²) in [6.45, 7) is 9.98. The Balaban J connectivity index is 2.30. The third-order valence-electron chi connectivity index (χ3n) is 3.54. The van der Waals surface area contributed by atoms with E-state index in [0.717, 1.165) is 18.7 Å². The van der Waals surface area contributed by atoms with E-state index in [1.54, 1.807) is 0 Å².